The van der Waals surface area contributed by atoms with Gasteiger partial charge in [0.25, 0.3) is 0 Å². The van der Waals surface area contributed by atoms with Gasteiger partial charge >= 0.3 is 0 Å². The third-order valence-corrected chi connectivity index (χ3v) is 4.32. The predicted octanol–water partition coefficient (Wildman–Crippen LogP) is 4.54. The van der Waals surface area contributed by atoms with Crippen LogP contribution in [0.25, 0.3) is 0 Å². The van der Waals surface area contributed by atoms with E-state index in [0.29, 0.717) is 6.04 Å². The van der Waals surface area contributed by atoms with E-state index < -0.39 is 0 Å². The second kappa shape index (κ2) is 5.12. The molecule has 1 N–H and O–H groups in total. The lowest BCUT2D eigenvalue weighted by molar-refractivity contribution is 0.280. The van der Waals surface area contributed by atoms with Gasteiger partial charge in [-0.25, -0.2) is 0 Å². The Morgan fingerprint density at radius 1 is 1.06 bits per heavy atom. The van der Waals surface area contributed by atoms with Crippen LogP contribution >= 0.6 is 0 Å². The van der Waals surface area contributed by atoms with E-state index in [1.54, 1.807) is 0 Å². The first-order valence-electron chi connectivity index (χ1n) is 6.90. The summed E-state index contributed by atoms with van der Waals surface area (Å²) in [6.45, 7) is 9.11. The van der Waals surface area contributed by atoms with Crippen LogP contribution < -0.4 is 5.32 Å². The van der Waals surface area contributed by atoms with E-state index in [-0.39, 0.29) is 0 Å². The Hall–Kier alpha value is -0.980. The van der Waals surface area contributed by atoms with Gasteiger partial charge in [-0.2, -0.15) is 0 Å². The largest absolute Gasteiger partial charge is 0.382 e. The normalized spacial score (nSPS) is 29.1. The SMILES string of the molecule is Cc1ccc(NC2CC(C)CCC2C)cc1C. The zero-order chi connectivity index (χ0) is 12.4. The van der Waals surface area contributed by atoms with Gasteiger partial charge in [0.2, 0.25) is 0 Å². The molecule has 2 rings (SSSR count). The minimum absolute atomic E-state index is 0.654. The van der Waals surface area contributed by atoms with Gasteiger partial charge in [0, 0.05) is 11.7 Å². The highest BCUT2D eigenvalue weighted by Crippen LogP contribution is 2.30. The maximum Gasteiger partial charge on any atom is 0.0345 e. The van der Waals surface area contributed by atoms with Crippen LogP contribution in [-0.2, 0) is 0 Å². The molecule has 1 aromatic rings. The molecule has 17 heavy (non-hydrogen) atoms. The van der Waals surface area contributed by atoms with E-state index in [4.69, 9.17) is 0 Å². The predicted molar refractivity (Wildman–Crippen MR) is 75.5 cm³/mol. The Kier molecular flexibility index (Phi) is 3.76. The summed E-state index contributed by atoms with van der Waals surface area (Å²) >= 11 is 0. The van der Waals surface area contributed by atoms with Crippen molar-refractivity contribution in [3.63, 3.8) is 0 Å². The van der Waals surface area contributed by atoms with Crippen molar-refractivity contribution in [2.24, 2.45) is 11.8 Å². The summed E-state index contributed by atoms with van der Waals surface area (Å²) in [5.41, 5.74) is 4.05. The van der Waals surface area contributed by atoms with Crippen LogP contribution in [0.5, 0.6) is 0 Å². The fourth-order valence-electron chi connectivity index (χ4n) is 2.78. The van der Waals surface area contributed by atoms with Crippen LogP contribution in [0, 0.1) is 25.7 Å². The van der Waals surface area contributed by atoms with E-state index in [2.05, 4.69) is 51.2 Å². The summed E-state index contributed by atoms with van der Waals surface area (Å²) in [5.74, 6) is 1.67. The second-order valence-corrected chi connectivity index (χ2v) is 5.95. The van der Waals surface area contributed by atoms with Gasteiger partial charge in [-0.3, -0.25) is 0 Å². The van der Waals surface area contributed by atoms with Crippen molar-refractivity contribution in [1.29, 1.82) is 0 Å². The Morgan fingerprint density at radius 2 is 1.82 bits per heavy atom. The highest BCUT2D eigenvalue weighted by Gasteiger charge is 2.25. The van der Waals surface area contributed by atoms with Crippen molar-refractivity contribution >= 4 is 5.69 Å². The summed E-state index contributed by atoms with van der Waals surface area (Å²) < 4.78 is 0. The minimum atomic E-state index is 0.654. The van der Waals surface area contributed by atoms with Crippen LogP contribution in [0.3, 0.4) is 0 Å². The lowest BCUT2D eigenvalue weighted by Gasteiger charge is -2.34. The smallest absolute Gasteiger partial charge is 0.0345 e. The van der Waals surface area contributed by atoms with Gasteiger partial charge in [0.15, 0.2) is 0 Å². The molecule has 1 fully saturated rings. The number of rotatable bonds is 2. The molecular weight excluding hydrogens is 206 g/mol. The Balaban J connectivity index is 2.06. The van der Waals surface area contributed by atoms with E-state index in [1.807, 2.05) is 0 Å². The lowest BCUT2D eigenvalue weighted by atomic mass is 9.80. The number of benzene rings is 1. The first-order chi connectivity index (χ1) is 8.06. The molecule has 1 aliphatic rings. The number of hydrogen-bond acceptors (Lipinski definition) is 1. The Labute approximate surface area is 106 Å². The maximum atomic E-state index is 3.73. The van der Waals surface area contributed by atoms with Gasteiger partial charge in [0.05, 0.1) is 0 Å². The van der Waals surface area contributed by atoms with Gasteiger partial charge in [-0.05, 0) is 61.8 Å². The summed E-state index contributed by atoms with van der Waals surface area (Å²) in [4.78, 5) is 0. The lowest BCUT2D eigenvalue weighted by Crippen LogP contribution is -2.33. The molecule has 0 aliphatic heterocycles. The molecule has 0 radical (unpaired) electrons. The summed E-state index contributed by atoms with van der Waals surface area (Å²) in [6.07, 6.45) is 4.07. The maximum absolute atomic E-state index is 3.73. The minimum Gasteiger partial charge on any atom is -0.382 e. The number of aryl methyl sites for hydroxylation is 2. The molecule has 0 amide bonds. The first kappa shape index (κ1) is 12.5. The van der Waals surface area contributed by atoms with E-state index >= 15 is 0 Å². The summed E-state index contributed by atoms with van der Waals surface area (Å²) in [6, 6.07) is 7.37. The number of hydrogen-bond donors (Lipinski definition) is 1. The second-order valence-electron chi connectivity index (χ2n) is 5.95. The number of anilines is 1. The van der Waals surface area contributed by atoms with Gasteiger partial charge < -0.3 is 5.32 Å². The molecule has 94 valence electrons. The quantitative estimate of drug-likeness (QED) is 0.788. The van der Waals surface area contributed by atoms with Crippen molar-refractivity contribution in [3.05, 3.63) is 29.3 Å². The molecule has 0 spiro atoms. The molecule has 1 aliphatic carbocycles. The molecule has 3 atom stereocenters. The van der Waals surface area contributed by atoms with Crippen molar-refractivity contribution < 1.29 is 0 Å². The van der Waals surface area contributed by atoms with Gasteiger partial charge in [0.1, 0.15) is 0 Å². The van der Waals surface area contributed by atoms with Crippen LogP contribution in [0.2, 0.25) is 0 Å². The van der Waals surface area contributed by atoms with Crippen molar-refractivity contribution in [1.82, 2.24) is 0 Å². The molecule has 0 aromatic heterocycles. The van der Waals surface area contributed by atoms with Gasteiger partial charge in [-0.1, -0.05) is 26.3 Å². The molecule has 3 unspecified atom stereocenters. The Morgan fingerprint density at radius 3 is 2.53 bits per heavy atom. The third kappa shape index (κ3) is 3.02. The van der Waals surface area contributed by atoms with E-state index in [0.717, 1.165) is 11.8 Å². The molecule has 1 nitrogen and oxygen atoms in total. The van der Waals surface area contributed by atoms with Gasteiger partial charge in [-0.15, -0.1) is 0 Å². The zero-order valence-corrected chi connectivity index (χ0v) is 11.6. The molecule has 1 saturated carbocycles. The molecule has 1 aromatic carbocycles. The highest BCUT2D eigenvalue weighted by atomic mass is 14.9. The van der Waals surface area contributed by atoms with Crippen LogP contribution in [0.4, 0.5) is 5.69 Å². The molecule has 0 saturated heterocycles. The number of nitrogens with one attached hydrogen (secondary N) is 1. The molecule has 0 heterocycles. The highest BCUT2D eigenvalue weighted by molar-refractivity contribution is 5.48. The van der Waals surface area contributed by atoms with Crippen molar-refractivity contribution in [2.75, 3.05) is 5.32 Å². The molecule has 1 heteroatoms. The average Bonchev–Trinajstić information content (AvgIpc) is 2.29. The van der Waals surface area contributed by atoms with Crippen LogP contribution in [0.15, 0.2) is 18.2 Å². The molecular formula is C16H25N. The zero-order valence-electron chi connectivity index (χ0n) is 11.6. The van der Waals surface area contributed by atoms with Crippen molar-refractivity contribution in [3.8, 4) is 0 Å². The summed E-state index contributed by atoms with van der Waals surface area (Å²) in [7, 11) is 0. The third-order valence-electron chi connectivity index (χ3n) is 4.32. The average molecular weight is 231 g/mol. The van der Waals surface area contributed by atoms with E-state index in [1.165, 1.54) is 36.1 Å². The first-order valence-corrected chi connectivity index (χ1v) is 6.90. The Bertz CT molecular complexity index is 383. The van der Waals surface area contributed by atoms with Crippen LogP contribution in [-0.4, -0.2) is 6.04 Å². The van der Waals surface area contributed by atoms with E-state index in [9.17, 15) is 0 Å². The molecule has 0 bridgehead atoms. The fraction of sp³-hybridized carbons (Fsp3) is 0.625. The summed E-state index contributed by atoms with van der Waals surface area (Å²) in [5, 5.41) is 3.73. The fourth-order valence-corrected chi connectivity index (χ4v) is 2.78. The standard InChI is InChI=1S/C16H25N/c1-11-5-6-13(3)16(9-11)17-15-8-7-12(2)14(4)10-15/h7-8,10-11,13,16-17H,5-6,9H2,1-4H3. The monoisotopic (exact) mass is 231 g/mol. The van der Waals surface area contributed by atoms with Crippen LogP contribution in [0.1, 0.15) is 44.2 Å². The topological polar surface area (TPSA) is 12.0 Å². The van der Waals surface area contributed by atoms with Crippen molar-refractivity contribution in [2.45, 2.75) is 53.0 Å².